The van der Waals surface area contributed by atoms with Crippen LogP contribution in [0.4, 0.5) is 5.69 Å². The summed E-state index contributed by atoms with van der Waals surface area (Å²) in [5, 5.41) is 2.72. The van der Waals surface area contributed by atoms with Crippen LogP contribution in [-0.2, 0) is 20.9 Å². The van der Waals surface area contributed by atoms with Crippen LogP contribution in [0.1, 0.15) is 15.9 Å². The predicted octanol–water partition coefficient (Wildman–Crippen LogP) is 2.55. The van der Waals surface area contributed by atoms with Gasteiger partial charge in [0.1, 0.15) is 5.75 Å². The van der Waals surface area contributed by atoms with Crippen molar-refractivity contribution in [3.8, 4) is 5.75 Å². The summed E-state index contributed by atoms with van der Waals surface area (Å²) >= 11 is 1.41. The minimum atomic E-state index is -0.619. The number of nitrogens with one attached hydrogen (secondary N) is 1. The van der Waals surface area contributed by atoms with Crippen LogP contribution in [-0.4, -0.2) is 49.2 Å². The number of nitrogens with zero attached hydrogens (tertiary/aromatic N) is 1. The highest BCUT2D eigenvalue weighted by Crippen LogP contribution is 2.32. The van der Waals surface area contributed by atoms with Gasteiger partial charge in [0.05, 0.1) is 24.1 Å². The Morgan fingerprint density at radius 3 is 2.79 bits per heavy atom. The topological polar surface area (TPSA) is 84.9 Å². The smallest absolute Gasteiger partial charge is 0.338 e. The largest absolute Gasteiger partial charge is 0.496 e. The summed E-state index contributed by atoms with van der Waals surface area (Å²) < 4.78 is 10.4. The summed E-state index contributed by atoms with van der Waals surface area (Å²) in [6.45, 7) is -0.0365. The number of benzene rings is 2. The molecule has 0 atom stereocenters. The fraction of sp³-hybridized carbons (Fsp3) is 0.250. The molecule has 3 rings (SSSR count). The van der Waals surface area contributed by atoms with Gasteiger partial charge in [-0.05, 0) is 24.3 Å². The van der Waals surface area contributed by atoms with E-state index in [1.807, 2.05) is 24.3 Å². The number of thioether (sulfide) groups is 1. The monoisotopic (exact) mass is 400 g/mol. The third-order valence-electron chi connectivity index (χ3n) is 4.20. The Hall–Kier alpha value is -3.00. The van der Waals surface area contributed by atoms with Gasteiger partial charge in [0.15, 0.2) is 6.61 Å². The summed E-state index contributed by atoms with van der Waals surface area (Å²) in [7, 11) is 3.20. The van der Waals surface area contributed by atoms with E-state index < -0.39 is 5.97 Å². The second-order valence-electron chi connectivity index (χ2n) is 6.19. The Labute approximate surface area is 167 Å². The lowest BCUT2D eigenvalue weighted by molar-refractivity contribution is -0.133. The Balaban J connectivity index is 1.57. The molecule has 0 aromatic heterocycles. The van der Waals surface area contributed by atoms with Crippen LogP contribution in [0, 0.1) is 0 Å². The van der Waals surface area contributed by atoms with E-state index in [4.69, 9.17) is 9.47 Å². The zero-order chi connectivity index (χ0) is 20.1. The van der Waals surface area contributed by atoms with E-state index >= 15 is 0 Å². The van der Waals surface area contributed by atoms with Gasteiger partial charge in [0.25, 0.3) is 5.91 Å². The molecule has 0 aliphatic carbocycles. The normalized spacial score (nSPS) is 12.6. The minimum Gasteiger partial charge on any atom is -0.496 e. The van der Waals surface area contributed by atoms with E-state index in [1.54, 1.807) is 32.4 Å². The van der Waals surface area contributed by atoms with Gasteiger partial charge in [0, 0.05) is 24.1 Å². The second-order valence-corrected chi connectivity index (χ2v) is 7.20. The number of hydrogen-bond donors (Lipinski definition) is 1. The molecule has 1 aliphatic rings. The molecule has 1 heterocycles. The Kier molecular flexibility index (Phi) is 6.20. The number of esters is 1. The number of anilines is 1. The first kappa shape index (κ1) is 19.8. The van der Waals surface area contributed by atoms with Gasteiger partial charge in [0.2, 0.25) is 5.91 Å². The summed E-state index contributed by atoms with van der Waals surface area (Å²) in [4.78, 5) is 38.4. The van der Waals surface area contributed by atoms with Crippen molar-refractivity contribution in [2.24, 2.45) is 0 Å². The minimum absolute atomic E-state index is 0.115. The molecule has 0 fully saturated rings. The zero-order valence-electron chi connectivity index (χ0n) is 15.6. The van der Waals surface area contributed by atoms with E-state index in [0.29, 0.717) is 23.7 Å². The van der Waals surface area contributed by atoms with Crippen molar-refractivity contribution < 1.29 is 23.9 Å². The summed E-state index contributed by atoms with van der Waals surface area (Å²) in [6.07, 6.45) is 0. The summed E-state index contributed by atoms with van der Waals surface area (Å²) in [6, 6.07) is 12.3. The zero-order valence-corrected chi connectivity index (χ0v) is 16.4. The highest BCUT2D eigenvalue weighted by molar-refractivity contribution is 8.00. The number of fused-ring (bicyclic) bond motifs is 1. The lowest BCUT2D eigenvalue weighted by Gasteiger charge is -2.19. The molecular weight excluding hydrogens is 380 g/mol. The molecule has 1 aliphatic heterocycles. The maximum Gasteiger partial charge on any atom is 0.338 e. The molecule has 0 saturated carbocycles. The molecule has 1 N–H and O–H groups in total. The van der Waals surface area contributed by atoms with Crippen LogP contribution in [0.2, 0.25) is 0 Å². The fourth-order valence-corrected chi connectivity index (χ4v) is 3.50. The van der Waals surface area contributed by atoms with Gasteiger partial charge in [-0.25, -0.2) is 4.79 Å². The molecule has 0 saturated heterocycles. The van der Waals surface area contributed by atoms with Gasteiger partial charge in [-0.1, -0.05) is 18.2 Å². The standard InChI is InChI=1S/C20H20N2O5S/c1-22(10-14-5-3-4-6-16(14)26-2)19(24)11-27-20(25)13-7-8-17-15(9-13)21-18(23)12-28-17/h3-9H,10-12H2,1-2H3,(H,21,23). The molecular formula is C20H20N2O5S. The number of rotatable bonds is 6. The van der Waals surface area contributed by atoms with Crippen molar-refractivity contribution in [1.82, 2.24) is 4.90 Å². The van der Waals surface area contributed by atoms with Gasteiger partial charge in [-0.3, -0.25) is 9.59 Å². The first-order chi connectivity index (χ1) is 13.5. The lowest BCUT2D eigenvalue weighted by Crippen LogP contribution is -2.31. The van der Waals surface area contributed by atoms with E-state index in [1.165, 1.54) is 16.7 Å². The van der Waals surface area contributed by atoms with Crippen LogP contribution in [0.3, 0.4) is 0 Å². The Morgan fingerprint density at radius 2 is 2.00 bits per heavy atom. The number of carbonyl (C=O) groups is 3. The van der Waals surface area contributed by atoms with E-state index in [-0.39, 0.29) is 24.0 Å². The van der Waals surface area contributed by atoms with Crippen LogP contribution in [0.15, 0.2) is 47.4 Å². The summed E-state index contributed by atoms with van der Waals surface area (Å²) in [5.74, 6) is -0.0267. The number of ether oxygens (including phenoxy) is 2. The van der Waals surface area contributed by atoms with Crippen LogP contribution < -0.4 is 10.1 Å². The number of methoxy groups -OCH3 is 1. The van der Waals surface area contributed by atoms with Crippen LogP contribution in [0.25, 0.3) is 0 Å². The average Bonchev–Trinajstić information content (AvgIpc) is 2.71. The van der Waals surface area contributed by atoms with E-state index in [2.05, 4.69) is 5.32 Å². The maximum absolute atomic E-state index is 12.3. The number of likely N-dealkylation sites (N-methyl/N-ethyl adjacent to an activating group) is 1. The van der Waals surface area contributed by atoms with Gasteiger partial charge in [-0.2, -0.15) is 0 Å². The molecule has 2 aromatic rings. The summed E-state index contributed by atoms with van der Waals surface area (Å²) in [5.41, 5.74) is 1.71. The van der Waals surface area contributed by atoms with Crippen molar-refractivity contribution in [1.29, 1.82) is 0 Å². The molecule has 146 valence electrons. The molecule has 0 spiro atoms. The molecule has 7 nitrogen and oxygen atoms in total. The van der Waals surface area contributed by atoms with Gasteiger partial charge >= 0.3 is 5.97 Å². The first-order valence-electron chi connectivity index (χ1n) is 8.57. The number of amides is 2. The van der Waals surface area contributed by atoms with Crippen LogP contribution >= 0.6 is 11.8 Å². The third-order valence-corrected chi connectivity index (χ3v) is 5.27. The van der Waals surface area contributed by atoms with Crippen molar-refractivity contribution in [3.05, 3.63) is 53.6 Å². The van der Waals surface area contributed by atoms with E-state index in [0.717, 1.165) is 10.5 Å². The third kappa shape index (κ3) is 4.64. The lowest BCUT2D eigenvalue weighted by atomic mass is 10.2. The van der Waals surface area contributed by atoms with Crippen molar-refractivity contribution in [2.45, 2.75) is 11.4 Å². The molecule has 0 radical (unpaired) electrons. The molecule has 0 unspecified atom stereocenters. The maximum atomic E-state index is 12.3. The highest BCUT2D eigenvalue weighted by atomic mass is 32.2. The average molecular weight is 400 g/mol. The molecule has 2 amide bonds. The molecule has 8 heteroatoms. The Bertz CT molecular complexity index is 915. The Morgan fingerprint density at radius 1 is 1.21 bits per heavy atom. The quantitative estimate of drug-likeness (QED) is 0.750. The van der Waals surface area contributed by atoms with Gasteiger partial charge in [-0.15, -0.1) is 11.8 Å². The first-order valence-corrected chi connectivity index (χ1v) is 9.56. The van der Waals surface area contributed by atoms with E-state index in [9.17, 15) is 14.4 Å². The number of carbonyl (C=O) groups excluding carboxylic acids is 3. The van der Waals surface area contributed by atoms with Crippen molar-refractivity contribution >= 4 is 35.2 Å². The fourth-order valence-electron chi connectivity index (χ4n) is 2.71. The second kappa shape index (κ2) is 8.79. The predicted molar refractivity (Wildman–Crippen MR) is 106 cm³/mol. The van der Waals surface area contributed by atoms with Gasteiger partial charge < -0.3 is 19.7 Å². The number of hydrogen-bond acceptors (Lipinski definition) is 6. The van der Waals surface area contributed by atoms with Crippen LogP contribution in [0.5, 0.6) is 5.75 Å². The SMILES string of the molecule is COc1ccccc1CN(C)C(=O)COC(=O)c1ccc2c(c1)NC(=O)CS2. The van der Waals surface area contributed by atoms with Crippen molar-refractivity contribution in [3.63, 3.8) is 0 Å². The molecule has 2 aromatic carbocycles. The highest BCUT2D eigenvalue weighted by Gasteiger charge is 2.19. The molecule has 0 bridgehead atoms. The van der Waals surface area contributed by atoms with Crippen molar-refractivity contribution in [2.75, 3.05) is 31.8 Å². The number of para-hydroxylation sites is 1. The molecule has 28 heavy (non-hydrogen) atoms.